The lowest BCUT2D eigenvalue weighted by Gasteiger charge is -2.08. The Morgan fingerprint density at radius 1 is 1.17 bits per heavy atom. The van der Waals surface area contributed by atoms with Gasteiger partial charge in [-0.3, -0.25) is 4.79 Å². The van der Waals surface area contributed by atoms with E-state index in [4.69, 9.17) is 4.74 Å². The van der Waals surface area contributed by atoms with Gasteiger partial charge in [0.25, 0.3) is 5.88 Å². The van der Waals surface area contributed by atoms with Crippen molar-refractivity contribution in [2.75, 3.05) is 12.3 Å². The number of carbonyl (C=O) groups excluding carboxylic acids is 1. The van der Waals surface area contributed by atoms with Crippen molar-refractivity contribution in [3.05, 3.63) is 42.7 Å². The van der Waals surface area contributed by atoms with Crippen LogP contribution >= 0.6 is 11.8 Å². The minimum atomic E-state index is 0.00224. The van der Waals surface area contributed by atoms with Gasteiger partial charge in [0.15, 0.2) is 5.03 Å². The molecular weight excluding hydrogens is 310 g/mol. The largest absolute Gasteiger partial charge is 0.437 e. The van der Waals surface area contributed by atoms with E-state index in [1.165, 1.54) is 11.8 Å². The first kappa shape index (κ1) is 17.3. The summed E-state index contributed by atoms with van der Waals surface area (Å²) in [6, 6.07) is 9.40. The molecule has 2 aromatic rings. The third-order valence-electron chi connectivity index (χ3n) is 3.03. The van der Waals surface area contributed by atoms with Gasteiger partial charge >= 0.3 is 0 Å². The summed E-state index contributed by atoms with van der Waals surface area (Å²) in [5.74, 6) is 1.42. The molecule has 1 heterocycles. The molecule has 5 nitrogen and oxygen atoms in total. The van der Waals surface area contributed by atoms with Crippen LogP contribution in [0.5, 0.6) is 11.6 Å². The summed E-state index contributed by atoms with van der Waals surface area (Å²) < 4.78 is 5.73. The molecule has 0 aliphatic rings. The van der Waals surface area contributed by atoms with E-state index in [1.807, 2.05) is 30.3 Å². The Hall–Kier alpha value is -2.08. The van der Waals surface area contributed by atoms with Gasteiger partial charge in [0, 0.05) is 18.9 Å². The molecule has 0 saturated heterocycles. The third-order valence-corrected chi connectivity index (χ3v) is 3.99. The van der Waals surface area contributed by atoms with Gasteiger partial charge in [0.05, 0.1) is 5.75 Å². The van der Waals surface area contributed by atoms with Gasteiger partial charge in [-0.25, -0.2) is 9.97 Å². The van der Waals surface area contributed by atoms with Crippen molar-refractivity contribution < 1.29 is 9.53 Å². The third kappa shape index (κ3) is 6.28. The van der Waals surface area contributed by atoms with Gasteiger partial charge < -0.3 is 10.1 Å². The number of amides is 1. The first-order valence-electron chi connectivity index (χ1n) is 7.73. The molecule has 0 aliphatic carbocycles. The molecule has 23 heavy (non-hydrogen) atoms. The van der Waals surface area contributed by atoms with Crippen LogP contribution in [0.2, 0.25) is 0 Å². The molecule has 0 radical (unpaired) electrons. The predicted molar refractivity (Wildman–Crippen MR) is 91.8 cm³/mol. The molecule has 1 amide bonds. The maximum atomic E-state index is 11.8. The molecular formula is C17H21N3O2S. The lowest BCUT2D eigenvalue weighted by molar-refractivity contribution is -0.118. The second-order valence-corrected chi connectivity index (χ2v) is 5.89. The van der Waals surface area contributed by atoms with E-state index in [-0.39, 0.29) is 5.91 Å². The maximum absolute atomic E-state index is 11.8. The Labute approximate surface area is 140 Å². The van der Waals surface area contributed by atoms with Crippen LogP contribution < -0.4 is 10.1 Å². The van der Waals surface area contributed by atoms with Gasteiger partial charge in [0.2, 0.25) is 5.91 Å². The number of hydrogen-bond donors (Lipinski definition) is 1. The second kappa shape index (κ2) is 9.84. The molecule has 0 atom stereocenters. The highest BCUT2D eigenvalue weighted by atomic mass is 32.2. The van der Waals surface area contributed by atoms with Crippen LogP contribution in [0.15, 0.2) is 47.8 Å². The van der Waals surface area contributed by atoms with Crippen LogP contribution in [0.4, 0.5) is 0 Å². The first-order valence-corrected chi connectivity index (χ1v) is 8.71. The SMILES string of the molecule is CCCCCNC(=O)CSc1nccnc1Oc1ccccc1. The molecule has 1 N–H and O–H groups in total. The van der Waals surface area contributed by atoms with Crippen molar-refractivity contribution in [1.29, 1.82) is 0 Å². The fourth-order valence-corrected chi connectivity index (χ4v) is 2.59. The Morgan fingerprint density at radius 2 is 1.96 bits per heavy atom. The summed E-state index contributed by atoms with van der Waals surface area (Å²) >= 11 is 1.33. The number of nitrogens with one attached hydrogen (secondary N) is 1. The fourth-order valence-electron chi connectivity index (χ4n) is 1.87. The molecule has 0 spiro atoms. The van der Waals surface area contributed by atoms with Crippen LogP contribution in [-0.4, -0.2) is 28.2 Å². The monoisotopic (exact) mass is 331 g/mol. The molecule has 2 rings (SSSR count). The standard InChI is InChI=1S/C17H21N3O2S/c1-2-3-7-10-18-15(21)13-23-17-16(19-11-12-20-17)22-14-8-5-4-6-9-14/h4-6,8-9,11-12H,2-3,7,10,13H2,1H3,(H,18,21). The van der Waals surface area contributed by atoms with Crippen LogP contribution in [0.25, 0.3) is 0 Å². The fraction of sp³-hybridized carbons (Fsp3) is 0.353. The quantitative estimate of drug-likeness (QED) is 0.561. The topological polar surface area (TPSA) is 64.1 Å². The number of nitrogens with zero attached hydrogens (tertiary/aromatic N) is 2. The Kier molecular flexibility index (Phi) is 7.39. The van der Waals surface area contributed by atoms with E-state index in [0.717, 1.165) is 25.8 Å². The summed E-state index contributed by atoms with van der Waals surface area (Å²) in [5.41, 5.74) is 0. The summed E-state index contributed by atoms with van der Waals surface area (Å²) in [4.78, 5) is 20.3. The highest BCUT2D eigenvalue weighted by Crippen LogP contribution is 2.28. The average molecular weight is 331 g/mol. The molecule has 0 aliphatic heterocycles. The molecule has 0 fully saturated rings. The molecule has 122 valence electrons. The van der Waals surface area contributed by atoms with E-state index in [2.05, 4.69) is 22.2 Å². The van der Waals surface area contributed by atoms with E-state index in [9.17, 15) is 4.79 Å². The zero-order valence-corrected chi connectivity index (χ0v) is 14.0. The number of benzene rings is 1. The highest BCUT2D eigenvalue weighted by molar-refractivity contribution is 8.00. The van der Waals surface area contributed by atoms with Gasteiger partial charge in [-0.05, 0) is 18.6 Å². The van der Waals surface area contributed by atoms with E-state index in [1.54, 1.807) is 12.4 Å². The normalized spacial score (nSPS) is 10.3. The zero-order valence-electron chi connectivity index (χ0n) is 13.2. The number of ether oxygens (including phenoxy) is 1. The number of aromatic nitrogens is 2. The Balaban J connectivity index is 1.86. The minimum absolute atomic E-state index is 0.00224. The average Bonchev–Trinajstić information content (AvgIpc) is 2.59. The molecule has 6 heteroatoms. The van der Waals surface area contributed by atoms with Crippen LogP contribution in [-0.2, 0) is 4.79 Å². The smallest absolute Gasteiger partial charge is 0.252 e. The summed E-state index contributed by atoms with van der Waals surface area (Å²) in [6.45, 7) is 2.86. The summed E-state index contributed by atoms with van der Waals surface area (Å²) in [7, 11) is 0. The Morgan fingerprint density at radius 3 is 2.74 bits per heavy atom. The van der Waals surface area contributed by atoms with Crippen molar-refractivity contribution in [3.63, 3.8) is 0 Å². The number of carbonyl (C=O) groups is 1. The number of hydrogen-bond acceptors (Lipinski definition) is 5. The van der Waals surface area contributed by atoms with E-state index >= 15 is 0 Å². The van der Waals surface area contributed by atoms with E-state index < -0.39 is 0 Å². The lowest BCUT2D eigenvalue weighted by Crippen LogP contribution is -2.26. The van der Waals surface area contributed by atoms with Crippen molar-refractivity contribution in [1.82, 2.24) is 15.3 Å². The molecule has 0 saturated carbocycles. The molecule has 0 bridgehead atoms. The van der Waals surface area contributed by atoms with Gasteiger partial charge in [-0.2, -0.15) is 0 Å². The van der Waals surface area contributed by atoms with Crippen LogP contribution in [0, 0.1) is 0 Å². The number of unbranched alkanes of at least 4 members (excludes halogenated alkanes) is 2. The number of para-hydroxylation sites is 1. The molecule has 1 aromatic heterocycles. The van der Waals surface area contributed by atoms with Crippen molar-refractivity contribution in [2.45, 2.75) is 31.2 Å². The van der Waals surface area contributed by atoms with Gasteiger partial charge in [-0.15, -0.1) is 0 Å². The van der Waals surface area contributed by atoms with Crippen molar-refractivity contribution in [2.24, 2.45) is 0 Å². The molecule has 0 unspecified atom stereocenters. The van der Waals surface area contributed by atoms with Gasteiger partial charge in [-0.1, -0.05) is 49.7 Å². The van der Waals surface area contributed by atoms with Crippen molar-refractivity contribution >= 4 is 17.7 Å². The molecule has 1 aromatic carbocycles. The number of thioether (sulfide) groups is 1. The summed E-state index contributed by atoms with van der Waals surface area (Å²) in [5, 5.41) is 3.52. The van der Waals surface area contributed by atoms with Crippen LogP contribution in [0.1, 0.15) is 26.2 Å². The summed E-state index contributed by atoms with van der Waals surface area (Å²) in [6.07, 6.45) is 6.46. The zero-order chi connectivity index (χ0) is 16.3. The highest BCUT2D eigenvalue weighted by Gasteiger charge is 2.10. The predicted octanol–water partition coefficient (Wildman–Crippen LogP) is 3.67. The Bertz CT molecular complexity index is 608. The van der Waals surface area contributed by atoms with Crippen molar-refractivity contribution in [3.8, 4) is 11.6 Å². The number of rotatable bonds is 9. The minimum Gasteiger partial charge on any atom is -0.437 e. The first-order chi connectivity index (χ1) is 11.3. The van der Waals surface area contributed by atoms with E-state index in [0.29, 0.717) is 22.4 Å². The maximum Gasteiger partial charge on any atom is 0.252 e. The van der Waals surface area contributed by atoms with Gasteiger partial charge in [0.1, 0.15) is 5.75 Å². The van der Waals surface area contributed by atoms with Crippen LogP contribution in [0.3, 0.4) is 0 Å². The lowest BCUT2D eigenvalue weighted by atomic mass is 10.2. The second-order valence-electron chi connectivity index (χ2n) is 4.93.